The molecule has 7 heteroatoms. The number of rotatable bonds is 5. The van der Waals surface area contributed by atoms with Gasteiger partial charge in [-0.3, -0.25) is 9.97 Å². The van der Waals surface area contributed by atoms with Crippen LogP contribution in [0.4, 0.5) is 0 Å². The quantitative estimate of drug-likeness (QED) is 0.916. The van der Waals surface area contributed by atoms with Gasteiger partial charge < -0.3 is 0 Å². The molecule has 2 heterocycles. The normalized spacial score (nSPS) is 11.9. The van der Waals surface area contributed by atoms with Crippen molar-refractivity contribution in [3.05, 3.63) is 34.9 Å². The van der Waals surface area contributed by atoms with Crippen molar-refractivity contribution >= 4 is 21.4 Å². The van der Waals surface area contributed by atoms with E-state index in [2.05, 4.69) is 14.7 Å². The van der Waals surface area contributed by atoms with Crippen LogP contribution in [0.3, 0.4) is 0 Å². The smallest absolute Gasteiger partial charge is 0.214 e. The second-order valence-corrected chi connectivity index (χ2v) is 7.38. The highest BCUT2D eigenvalue weighted by Crippen LogP contribution is 2.22. The van der Waals surface area contributed by atoms with Gasteiger partial charge >= 0.3 is 0 Å². The minimum Gasteiger partial charge on any atom is -0.256 e. The van der Waals surface area contributed by atoms with Gasteiger partial charge in [0.05, 0.1) is 23.2 Å². The van der Waals surface area contributed by atoms with E-state index in [0.717, 1.165) is 11.3 Å². The lowest BCUT2D eigenvalue weighted by Crippen LogP contribution is -2.30. The summed E-state index contributed by atoms with van der Waals surface area (Å²) >= 11 is 1.57. The molecular weight excluding hydrogens is 282 g/mol. The van der Waals surface area contributed by atoms with E-state index in [1.54, 1.807) is 37.6 Å². The summed E-state index contributed by atoms with van der Waals surface area (Å²) in [5.74, 6) is 0. The predicted molar refractivity (Wildman–Crippen MR) is 76.2 cm³/mol. The van der Waals surface area contributed by atoms with Crippen molar-refractivity contribution in [3.63, 3.8) is 0 Å². The summed E-state index contributed by atoms with van der Waals surface area (Å²) in [6, 6.07) is 1.94. The first-order chi connectivity index (χ1) is 9.00. The standard InChI is InChI=1S/C12H15N3O2S2/c1-9(2)19(16,17)15-7-11-12(14-5-4-13-11)10-3-6-18-8-10/h3-6,8-9,15H,7H2,1-2H3. The zero-order valence-corrected chi connectivity index (χ0v) is 12.3. The molecule has 0 saturated carbocycles. The molecule has 0 fully saturated rings. The molecule has 0 amide bonds. The third-order valence-electron chi connectivity index (χ3n) is 2.63. The summed E-state index contributed by atoms with van der Waals surface area (Å²) in [5.41, 5.74) is 2.30. The van der Waals surface area contributed by atoms with Crippen molar-refractivity contribution in [2.45, 2.75) is 25.6 Å². The predicted octanol–water partition coefficient (Wildman–Crippen LogP) is 2.03. The van der Waals surface area contributed by atoms with Crippen molar-refractivity contribution in [2.75, 3.05) is 0 Å². The lowest BCUT2D eigenvalue weighted by molar-refractivity contribution is 0.571. The van der Waals surface area contributed by atoms with Gasteiger partial charge in [0.1, 0.15) is 0 Å². The van der Waals surface area contributed by atoms with Gasteiger partial charge in [0.2, 0.25) is 10.0 Å². The molecule has 0 bridgehead atoms. The van der Waals surface area contributed by atoms with Crippen LogP contribution in [0.25, 0.3) is 11.3 Å². The summed E-state index contributed by atoms with van der Waals surface area (Å²) in [6.45, 7) is 3.43. The van der Waals surface area contributed by atoms with Crippen LogP contribution >= 0.6 is 11.3 Å². The summed E-state index contributed by atoms with van der Waals surface area (Å²) in [6.07, 6.45) is 3.17. The topological polar surface area (TPSA) is 72.0 Å². The largest absolute Gasteiger partial charge is 0.256 e. The van der Waals surface area contributed by atoms with E-state index in [1.807, 2.05) is 16.8 Å². The van der Waals surface area contributed by atoms with Crippen LogP contribution < -0.4 is 4.72 Å². The van der Waals surface area contributed by atoms with Crippen molar-refractivity contribution in [1.82, 2.24) is 14.7 Å². The molecule has 0 saturated heterocycles. The van der Waals surface area contributed by atoms with Crippen LogP contribution in [-0.2, 0) is 16.6 Å². The van der Waals surface area contributed by atoms with Crippen LogP contribution in [0, 0.1) is 0 Å². The number of nitrogens with one attached hydrogen (secondary N) is 1. The third-order valence-corrected chi connectivity index (χ3v) is 5.10. The van der Waals surface area contributed by atoms with E-state index in [4.69, 9.17) is 0 Å². The molecule has 2 rings (SSSR count). The molecule has 0 radical (unpaired) electrons. The molecule has 102 valence electrons. The Balaban J connectivity index is 2.23. The summed E-state index contributed by atoms with van der Waals surface area (Å²) < 4.78 is 26.0. The van der Waals surface area contributed by atoms with Crippen molar-refractivity contribution in [3.8, 4) is 11.3 Å². The summed E-state index contributed by atoms with van der Waals surface area (Å²) in [7, 11) is -3.30. The molecule has 0 spiro atoms. The van der Waals surface area contributed by atoms with Crippen LogP contribution in [-0.4, -0.2) is 23.6 Å². The van der Waals surface area contributed by atoms with Gasteiger partial charge in [-0.15, -0.1) is 0 Å². The number of nitrogens with zero attached hydrogens (tertiary/aromatic N) is 2. The van der Waals surface area contributed by atoms with Crippen molar-refractivity contribution in [2.24, 2.45) is 0 Å². The van der Waals surface area contributed by atoms with Crippen molar-refractivity contribution in [1.29, 1.82) is 0 Å². The number of sulfonamides is 1. The Kier molecular flexibility index (Phi) is 4.28. The van der Waals surface area contributed by atoms with Crippen LogP contribution in [0.1, 0.15) is 19.5 Å². The average Bonchev–Trinajstić information content (AvgIpc) is 2.90. The molecule has 0 aliphatic carbocycles. The lowest BCUT2D eigenvalue weighted by atomic mass is 10.2. The molecule has 0 aromatic carbocycles. The Morgan fingerprint density at radius 2 is 2.05 bits per heavy atom. The molecule has 0 unspecified atom stereocenters. The van der Waals surface area contributed by atoms with Gasteiger partial charge in [-0.25, -0.2) is 13.1 Å². The van der Waals surface area contributed by atoms with Gasteiger partial charge in [-0.1, -0.05) is 0 Å². The zero-order chi connectivity index (χ0) is 13.9. The van der Waals surface area contributed by atoms with Crippen LogP contribution in [0.5, 0.6) is 0 Å². The van der Waals surface area contributed by atoms with Crippen LogP contribution in [0.15, 0.2) is 29.2 Å². The first-order valence-electron chi connectivity index (χ1n) is 5.81. The molecule has 2 aromatic rings. The Morgan fingerprint density at radius 3 is 2.68 bits per heavy atom. The van der Waals surface area contributed by atoms with Gasteiger partial charge in [-0.05, 0) is 25.3 Å². The summed E-state index contributed by atoms with van der Waals surface area (Å²) in [4.78, 5) is 8.49. The average molecular weight is 297 g/mol. The van der Waals surface area contributed by atoms with E-state index in [0.29, 0.717) is 5.69 Å². The fraction of sp³-hybridized carbons (Fsp3) is 0.333. The Labute approximate surface area is 116 Å². The Morgan fingerprint density at radius 1 is 1.32 bits per heavy atom. The van der Waals surface area contributed by atoms with Gasteiger partial charge in [0, 0.05) is 23.3 Å². The van der Waals surface area contributed by atoms with E-state index >= 15 is 0 Å². The van der Waals surface area contributed by atoms with Crippen LogP contribution in [0.2, 0.25) is 0 Å². The fourth-order valence-corrected chi connectivity index (χ4v) is 2.78. The highest BCUT2D eigenvalue weighted by atomic mass is 32.2. The summed E-state index contributed by atoms with van der Waals surface area (Å²) in [5, 5.41) is 3.45. The SMILES string of the molecule is CC(C)S(=O)(=O)NCc1nccnc1-c1ccsc1. The maximum absolute atomic E-state index is 11.7. The van der Waals surface area contributed by atoms with E-state index < -0.39 is 15.3 Å². The number of hydrogen-bond donors (Lipinski definition) is 1. The molecule has 5 nitrogen and oxygen atoms in total. The van der Waals surface area contributed by atoms with E-state index in [1.165, 1.54) is 0 Å². The molecule has 1 N–H and O–H groups in total. The minimum absolute atomic E-state index is 0.152. The first kappa shape index (κ1) is 14.1. The second-order valence-electron chi connectivity index (χ2n) is 4.28. The lowest BCUT2D eigenvalue weighted by Gasteiger charge is -2.10. The molecule has 0 atom stereocenters. The minimum atomic E-state index is -3.30. The molecule has 0 aliphatic heterocycles. The monoisotopic (exact) mass is 297 g/mol. The highest BCUT2D eigenvalue weighted by Gasteiger charge is 2.17. The van der Waals surface area contributed by atoms with Gasteiger partial charge in [-0.2, -0.15) is 11.3 Å². The molecule has 19 heavy (non-hydrogen) atoms. The van der Waals surface area contributed by atoms with E-state index in [9.17, 15) is 8.42 Å². The van der Waals surface area contributed by atoms with Gasteiger partial charge in [0.25, 0.3) is 0 Å². The van der Waals surface area contributed by atoms with E-state index in [-0.39, 0.29) is 6.54 Å². The zero-order valence-electron chi connectivity index (χ0n) is 10.7. The molecular formula is C12H15N3O2S2. The first-order valence-corrected chi connectivity index (χ1v) is 8.30. The number of thiophene rings is 1. The number of hydrogen-bond acceptors (Lipinski definition) is 5. The highest BCUT2D eigenvalue weighted by molar-refractivity contribution is 7.90. The molecule has 0 aliphatic rings. The maximum atomic E-state index is 11.7. The number of aromatic nitrogens is 2. The second kappa shape index (κ2) is 5.77. The Hall–Kier alpha value is -1.31. The molecule has 2 aromatic heterocycles. The third kappa shape index (κ3) is 3.37. The van der Waals surface area contributed by atoms with Crippen molar-refractivity contribution < 1.29 is 8.42 Å². The fourth-order valence-electron chi connectivity index (χ4n) is 1.47. The maximum Gasteiger partial charge on any atom is 0.214 e. The Bertz CT molecular complexity index is 637. The van der Waals surface area contributed by atoms with Gasteiger partial charge in [0.15, 0.2) is 0 Å².